The molecule has 0 aromatic carbocycles. The quantitative estimate of drug-likeness (QED) is 0.629. The topological polar surface area (TPSA) is 17.1 Å². The van der Waals surface area contributed by atoms with Crippen molar-refractivity contribution in [3.8, 4) is 0 Å². The van der Waals surface area contributed by atoms with Crippen molar-refractivity contribution < 1.29 is 4.79 Å². The normalized spacial score (nSPS) is 40.4. The first-order valence-electron chi connectivity index (χ1n) is 6.20. The molecule has 2 aliphatic rings. The van der Waals surface area contributed by atoms with Gasteiger partial charge in [0.2, 0.25) is 0 Å². The fourth-order valence-corrected chi connectivity index (χ4v) is 3.46. The highest BCUT2D eigenvalue weighted by atomic mass is 16.1. The molecule has 0 saturated heterocycles. The Balaban J connectivity index is 2.38. The second kappa shape index (κ2) is 3.20. The molecule has 0 aliphatic heterocycles. The zero-order valence-corrected chi connectivity index (χ0v) is 10.4. The van der Waals surface area contributed by atoms with Crippen LogP contribution in [0, 0.1) is 16.7 Å². The average molecular weight is 206 g/mol. The van der Waals surface area contributed by atoms with Crippen molar-refractivity contribution in [2.24, 2.45) is 16.7 Å². The van der Waals surface area contributed by atoms with E-state index in [1.807, 2.05) is 0 Å². The van der Waals surface area contributed by atoms with Gasteiger partial charge < -0.3 is 0 Å². The maximum Gasteiger partial charge on any atom is 0.165 e. The molecule has 0 amide bonds. The number of allylic oxidation sites excluding steroid dienone is 2. The first kappa shape index (κ1) is 10.9. The van der Waals surface area contributed by atoms with Gasteiger partial charge in [-0.1, -0.05) is 40.2 Å². The Hall–Kier alpha value is -0.590. The fourth-order valence-electron chi connectivity index (χ4n) is 3.46. The molecule has 0 aromatic rings. The zero-order chi connectivity index (χ0) is 11.3. The standard InChI is InChI=1S/C14H22O/c1-5-6-7-10-11-8-9-14(4,12(10)15)13(11,2)3/h7,11H,5-6,8-9H2,1-4H3/b10-7-/t11-,14-/m0/s1. The minimum Gasteiger partial charge on any atom is -0.294 e. The van der Waals surface area contributed by atoms with Crippen LogP contribution in [0.15, 0.2) is 11.6 Å². The van der Waals surface area contributed by atoms with Gasteiger partial charge in [-0.05, 0) is 36.2 Å². The Bertz CT molecular complexity index is 324. The van der Waals surface area contributed by atoms with Crippen LogP contribution in [0.5, 0.6) is 0 Å². The van der Waals surface area contributed by atoms with Crippen molar-refractivity contribution in [3.63, 3.8) is 0 Å². The van der Waals surface area contributed by atoms with E-state index in [1.165, 1.54) is 6.42 Å². The SMILES string of the molecule is CCC/C=C1\C(=O)[C@]2(C)CC[C@@H]1C2(C)C. The summed E-state index contributed by atoms with van der Waals surface area (Å²) in [6.07, 6.45) is 6.71. The highest BCUT2D eigenvalue weighted by Crippen LogP contribution is 2.65. The predicted octanol–water partition coefficient (Wildman–Crippen LogP) is 3.74. The number of rotatable bonds is 2. The minimum atomic E-state index is -0.0722. The van der Waals surface area contributed by atoms with Gasteiger partial charge in [-0.3, -0.25) is 4.79 Å². The van der Waals surface area contributed by atoms with Gasteiger partial charge in [0.05, 0.1) is 0 Å². The molecule has 15 heavy (non-hydrogen) atoms. The summed E-state index contributed by atoms with van der Waals surface area (Å²) in [5.74, 6) is 0.971. The van der Waals surface area contributed by atoms with Crippen molar-refractivity contribution in [3.05, 3.63) is 11.6 Å². The Morgan fingerprint density at radius 2 is 2.07 bits per heavy atom. The summed E-state index contributed by atoms with van der Waals surface area (Å²) in [5.41, 5.74) is 1.26. The maximum absolute atomic E-state index is 12.3. The van der Waals surface area contributed by atoms with E-state index in [1.54, 1.807) is 0 Å². The van der Waals surface area contributed by atoms with Crippen LogP contribution in [0.4, 0.5) is 0 Å². The molecule has 0 heterocycles. The monoisotopic (exact) mass is 206 g/mol. The van der Waals surface area contributed by atoms with E-state index in [9.17, 15) is 4.79 Å². The van der Waals surface area contributed by atoms with Crippen LogP contribution in [0.3, 0.4) is 0 Å². The molecule has 0 unspecified atom stereocenters. The number of hydrogen-bond donors (Lipinski definition) is 0. The molecule has 2 saturated carbocycles. The number of ketones is 1. The second-order valence-electron chi connectivity index (χ2n) is 5.92. The van der Waals surface area contributed by atoms with E-state index >= 15 is 0 Å². The van der Waals surface area contributed by atoms with Crippen LogP contribution in [-0.2, 0) is 4.79 Å². The zero-order valence-electron chi connectivity index (χ0n) is 10.4. The summed E-state index contributed by atoms with van der Waals surface area (Å²) in [7, 11) is 0. The van der Waals surface area contributed by atoms with E-state index < -0.39 is 0 Å². The lowest BCUT2D eigenvalue weighted by atomic mass is 9.70. The van der Waals surface area contributed by atoms with Crippen molar-refractivity contribution in [1.82, 2.24) is 0 Å². The van der Waals surface area contributed by atoms with Crippen molar-refractivity contribution >= 4 is 5.78 Å². The third-order valence-electron chi connectivity index (χ3n) is 5.02. The highest BCUT2D eigenvalue weighted by molar-refractivity contribution is 6.04. The minimum absolute atomic E-state index is 0.0722. The van der Waals surface area contributed by atoms with Crippen molar-refractivity contribution in [1.29, 1.82) is 0 Å². The van der Waals surface area contributed by atoms with Gasteiger partial charge in [0.1, 0.15) is 0 Å². The smallest absolute Gasteiger partial charge is 0.165 e. The number of carbonyl (C=O) groups is 1. The Morgan fingerprint density at radius 3 is 2.53 bits per heavy atom. The molecule has 1 heteroatoms. The van der Waals surface area contributed by atoms with Gasteiger partial charge >= 0.3 is 0 Å². The van der Waals surface area contributed by atoms with Crippen LogP contribution >= 0.6 is 0 Å². The number of Topliss-reactive ketones (excluding diaryl/α,β-unsaturated/α-hetero) is 1. The predicted molar refractivity (Wildman–Crippen MR) is 62.6 cm³/mol. The molecule has 0 radical (unpaired) electrons. The van der Waals surface area contributed by atoms with Crippen LogP contribution in [0.2, 0.25) is 0 Å². The third kappa shape index (κ3) is 1.18. The number of hydrogen-bond acceptors (Lipinski definition) is 1. The summed E-state index contributed by atoms with van der Waals surface area (Å²) in [6, 6.07) is 0. The Morgan fingerprint density at radius 1 is 1.40 bits per heavy atom. The average Bonchev–Trinajstić information content (AvgIpc) is 2.48. The number of fused-ring (bicyclic) bond motifs is 2. The molecule has 2 bridgehead atoms. The first-order valence-corrected chi connectivity index (χ1v) is 6.20. The number of carbonyl (C=O) groups excluding carboxylic acids is 1. The van der Waals surface area contributed by atoms with Gasteiger partial charge in [0.15, 0.2) is 5.78 Å². The van der Waals surface area contributed by atoms with Gasteiger partial charge in [0, 0.05) is 5.41 Å². The maximum atomic E-state index is 12.3. The highest BCUT2D eigenvalue weighted by Gasteiger charge is 2.63. The molecule has 0 N–H and O–H groups in total. The van der Waals surface area contributed by atoms with E-state index in [4.69, 9.17) is 0 Å². The molecule has 2 atom stereocenters. The van der Waals surface area contributed by atoms with E-state index in [-0.39, 0.29) is 10.8 Å². The lowest BCUT2D eigenvalue weighted by Crippen LogP contribution is -2.32. The molecule has 84 valence electrons. The van der Waals surface area contributed by atoms with Crippen LogP contribution < -0.4 is 0 Å². The molecule has 2 aliphatic carbocycles. The molecule has 0 aromatic heterocycles. The van der Waals surface area contributed by atoms with Gasteiger partial charge in [0.25, 0.3) is 0 Å². The van der Waals surface area contributed by atoms with Gasteiger partial charge in [-0.25, -0.2) is 0 Å². The Kier molecular flexibility index (Phi) is 2.33. The van der Waals surface area contributed by atoms with Crippen LogP contribution in [0.1, 0.15) is 53.4 Å². The largest absolute Gasteiger partial charge is 0.294 e. The fraction of sp³-hybridized carbons (Fsp3) is 0.786. The summed E-state index contributed by atoms with van der Waals surface area (Å²) in [5, 5.41) is 0. The molecule has 2 rings (SSSR count). The van der Waals surface area contributed by atoms with Crippen molar-refractivity contribution in [2.45, 2.75) is 53.4 Å². The van der Waals surface area contributed by atoms with Crippen molar-refractivity contribution in [2.75, 3.05) is 0 Å². The molecule has 2 fully saturated rings. The summed E-state index contributed by atoms with van der Waals surface area (Å²) in [4.78, 5) is 12.3. The molecular formula is C14H22O. The van der Waals surface area contributed by atoms with Gasteiger partial charge in [-0.2, -0.15) is 0 Å². The van der Waals surface area contributed by atoms with E-state index in [0.717, 1.165) is 24.8 Å². The summed E-state index contributed by atoms with van der Waals surface area (Å²) in [6.45, 7) is 8.88. The van der Waals surface area contributed by atoms with Gasteiger partial charge in [-0.15, -0.1) is 0 Å². The summed E-state index contributed by atoms with van der Waals surface area (Å²) < 4.78 is 0. The number of unbranched alkanes of at least 4 members (excludes halogenated alkanes) is 1. The van der Waals surface area contributed by atoms with E-state index in [2.05, 4.69) is 33.8 Å². The third-order valence-corrected chi connectivity index (χ3v) is 5.02. The second-order valence-corrected chi connectivity index (χ2v) is 5.92. The lowest BCUT2D eigenvalue weighted by Gasteiger charge is -2.31. The van der Waals surface area contributed by atoms with Crippen LogP contribution in [0.25, 0.3) is 0 Å². The Labute approximate surface area is 92.9 Å². The summed E-state index contributed by atoms with van der Waals surface area (Å²) >= 11 is 0. The lowest BCUT2D eigenvalue weighted by molar-refractivity contribution is -0.125. The van der Waals surface area contributed by atoms with E-state index in [0.29, 0.717) is 11.7 Å². The molecule has 1 nitrogen and oxygen atoms in total. The molecule has 0 spiro atoms. The first-order chi connectivity index (χ1) is 6.95. The molecular weight excluding hydrogens is 184 g/mol. The van der Waals surface area contributed by atoms with Crippen LogP contribution in [-0.4, -0.2) is 5.78 Å².